The van der Waals surface area contributed by atoms with E-state index in [-0.39, 0.29) is 0 Å². The Balaban J connectivity index is 1.55. The van der Waals surface area contributed by atoms with Crippen LogP contribution in [0.1, 0.15) is 18.4 Å². The lowest BCUT2D eigenvalue weighted by atomic mass is 9.98. The van der Waals surface area contributed by atoms with E-state index >= 15 is 0 Å². The lowest BCUT2D eigenvalue weighted by molar-refractivity contribution is 1.04. The molecular weight excluding hydrogens is 412 g/mol. The molecule has 0 unspecified atom stereocenters. The summed E-state index contributed by atoms with van der Waals surface area (Å²) in [4.78, 5) is 2.42. The fraction of sp³-hybridized carbons (Fsp3) is 0.0625. The van der Waals surface area contributed by atoms with Gasteiger partial charge in [0.2, 0.25) is 0 Å². The molecule has 162 valence electrons. The van der Waals surface area contributed by atoms with Crippen molar-refractivity contribution in [3.05, 3.63) is 127 Å². The monoisotopic (exact) mass is 436 g/mol. The third-order valence-electron chi connectivity index (χ3n) is 6.93. The number of benzene rings is 4. The Morgan fingerprint density at radius 2 is 1.38 bits per heavy atom. The van der Waals surface area contributed by atoms with Crippen LogP contribution in [0.25, 0.3) is 33.3 Å². The maximum absolute atomic E-state index is 2.42. The van der Waals surface area contributed by atoms with Crippen LogP contribution in [0.3, 0.4) is 0 Å². The van der Waals surface area contributed by atoms with Gasteiger partial charge in [-0.25, -0.2) is 0 Å². The van der Waals surface area contributed by atoms with Crippen molar-refractivity contribution in [2.45, 2.75) is 12.8 Å². The van der Waals surface area contributed by atoms with Crippen LogP contribution in [0.15, 0.2) is 121 Å². The summed E-state index contributed by atoms with van der Waals surface area (Å²) >= 11 is 0. The van der Waals surface area contributed by atoms with E-state index in [0.29, 0.717) is 0 Å². The molecule has 0 saturated carbocycles. The highest BCUT2D eigenvalue weighted by Gasteiger charge is 2.27. The minimum absolute atomic E-state index is 1.10. The second-order valence-corrected chi connectivity index (χ2v) is 8.96. The molecule has 0 fully saturated rings. The summed E-state index contributed by atoms with van der Waals surface area (Å²) in [5.74, 6) is 1.16. The van der Waals surface area contributed by atoms with E-state index in [1.165, 1.54) is 50.2 Å². The molecule has 34 heavy (non-hydrogen) atoms. The first-order valence-electron chi connectivity index (χ1n) is 11.9. The van der Waals surface area contributed by atoms with Gasteiger partial charge in [0.15, 0.2) is 0 Å². The maximum atomic E-state index is 2.42. The SMILES string of the molecule is C1=CC(c2cccc(N3c4ccccc4-c4ccccc4-n4c3cc3ccccc34)c2)=CCC1. The first kappa shape index (κ1) is 19.2. The van der Waals surface area contributed by atoms with Crippen molar-refractivity contribution in [1.29, 1.82) is 0 Å². The van der Waals surface area contributed by atoms with Gasteiger partial charge in [-0.3, -0.25) is 9.47 Å². The minimum atomic E-state index is 1.10. The molecule has 0 radical (unpaired) electrons. The number of para-hydroxylation sites is 3. The second-order valence-electron chi connectivity index (χ2n) is 8.96. The van der Waals surface area contributed by atoms with Crippen LogP contribution in [0.2, 0.25) is 0 Å². The molecular formula is C32H24N2. The molecule has 4 aromatic carbocycles. The summed E-state index contributed by atoms with van der Waals surface area (Å²) in [6, 6.07) is 37.5. The standard InChI is InChI=1S/C32H24N2/c1-2-11-23(12-3-1)24-14-10-15-26(21-24)33-30-19-8-5-16-27(30)28-17-6-9-20-31(28)34-29-18-7-4-13-25(29)22-32(33)34/h2,4-22H,1,3H2. The summed E-state index contributed by atoms with van der Waals surface area (Å²) < 4.78 is 2.41. The summed E-state index contributed by atoms with van der Waals surface area (Å²) in [5, 5.41) is 1.24. The van der Waals surface area contributed by atoms with Gasteiger partial charge in [0, 0.05) is 22.2 Å². The molecule has 2 nitrogen and oxygen atoms in total. The average molecular weight is 437 g/mol. The van der Waals surface area contributed by atoms with Gasteiger partial charge >= 0.3 is 0 Å². The summed E-state index contributed by atoms with van der Waals surface area (Å²) in [6.45, 7) is 0. The molecule has 5 aromatic rings. The lowest BCUT2D eigenvalue weighted by Crippen LogP contribution is -2.13. The summed E-state index contributed by atoms with van der Waals surface area (Å²) in [5.41, 5.74) is 9.85. The fourth-order valence-corrected chi connectivity index (χ4v) is 5.40. The number of rotatable bonds is 2. The molecule has 1 aliphatic heterocycles. The van der Waals surface area contributed by atoms with Crippen molar-refractivity contribution in [2.75, 3.05) is 4.90 Å². The van der Waals surface area contributed by atoms with E-state index in [4.69, 9.17) is 0 Å². The minimum Gasteiger partial charge on any atom is -0.295 e. The normalized spacial score (nSPS) is 14.2. The largest absolute Gasteiger partial charge is 0.295 e. The van der Waals surface area contributed by atoms with Crippen molar-refractivity contribution >= 4 is 33.7 Å². The number of aromatic nitrogens is 1. The molecule has 0 atom stereocenters. The molecule has 1 aliphatic carbocycles. The van der Waals surface area contributed by atoms with Gasteiger partial charge in [-0.1, -0.05) is 85.0 Å². The van der Waals surface area contributed by atoms with Gasteiger partial charge in [0.1, 0.15) is 5.82 Å². The quantitative estimate of drug-likeness (QED) is 0.263. The number of nitrogens with zero attached hydrogens (tertiary/aromatic N) is 2. The average Bonchev–Trinajstić information content (AvgIpc) is 3.23. The zero-order chi connectivity index (χ0) is 22.5. The Kier molecular flexibility index (Phi) is 4.31. The van der Waals surface area contributed by atoms with Gasteiger partial charge in [-0.05, 0) is 60.4 Å². The maximum Gasteiger partial charge on any atom is 0.123 e. The summed E-state index contributed by atoms with van der Waals surface area (Å²) in [7, 11) is 0. The van der Waals surface area contributed by atoms with E-state index in [1.807, 2.05) is 0 Å². The topological polar surface area (TPSA) is 8.17 Å². The molecule has 0 N–H and O–H groups in total. The van der Waals surface area contributed by atoms with Crippen LogP contribution in [0, 0.1) is 0 Å². The molecule has 0 bridgehead atoms. The molecule has 1 aromatic heterocycles. The molecule has 0 saturated heterocycles. The van der Waals surface area contributed by atoms with Crippen LogP contribution in [0.4, 0.5) is 17.2 Å². The van der Waals surface area contributed by atoms with Crippen LogP contribution in [-0.4, -0.2) is 4.57 Å². The zero-order valence-corrected chi connectivity index (χ0v) is 18.9. The highest BCUT2D eigenvalue weighted by Crippen LogP contribution is 2.48. The first-order valence-corrected chi connectivity index (χ1v) is 11.9. The van der Waals surface area contributed by atoms with Gasteiger partial charge in [-0.2, -0.15) is 0 Å². The number of anilines is 3. The molecule has 0 spiro atoms. The van der Waals surface area contributed by atoms with Crippen molar-refractivity contribution in [3.8, 4) is 16.8 Å². The van der Waals surface area contributed by atoms with Gasteiger partial charge in [0.05, 0.1) is 16.9 Å². The Morgan fingerprint density at radius 3 is 2.24 bits per heavy atom. The van der Waals surface area contributed by atoms with Crippen molar-refractivity contribution in [1.82, 2.24) is 4.57 Å². The smallest absolute Gasteiger partial charge is 0.123 e. The van der Waals surface area contributed by atoms with E-state index in [0.717, 1.165) is 18.7 Å². The molecule has 2 heterocycles. The van der Waals surface area contributed by atoms with Crippen molar-refractivity contribution in [2.24, 2.45) is 0 Å². The third-order valence-corrected chi connectivity index (χ3v) is 6.93. The predicted octanol–water partition coefficient (Wildman–Crippen LogP) is 8.81. The number of hydrogen-bond acceptors (Lipinski definition) is 1. The second kappa shape index (κ2) is 7.64. The van der Waals surface area contributed by atoms with Crippen molar-refractivity contribution < 1.29 is 0 Å². The summed E-state index contributed by atoms with van der Waals surface area (Å²) in [6.07, 6.45) is 9.11. The van der Waals surface area contributed by atoms with Gasteiger partial charge in [-0.15, -0.1) is 0 Å². The predicted molar refractivity (Wildman–Crippen MR) is 143 cm³/mol. The Labute approximate surface area is 199 Å². The molecule has 7 rings (SSSR count). The number of hydrogen-bond donors (Lipinski definition) is 0. The van der Waals surface area contributed by atoms with Crippen LogP contribution in [0.5, 0.6) is 0 Å². The Hall–Kier alpha value is -4.30. The first-order chi connectivity index (χ1) is 16.9. The third kappa shape index (κ3) is 2.89. The van der Waals surface area contributed by atoms with Gasteiger partial charge in [0.25, 0.3) is 0 Å². The molecule has 2 aliphatic rings. The number of allylic oxidation sites excluding steroid dienone is 4. The van der Waals surface area contributed by atoms with E-state index in [9.17, 15) is 0 Å². The molecule has 0 amide bonds. The number of fused-ring (bicyclic) bond motifs is 7. The van der Waals surface area contributed by atoms with Crippen LogP contribution in [-0.2, 0) is 0 Å². The van der Waals surface area contributed by atoms with Gasteiger partial charge < -0.3 is 0 Å². The van der Waals surface area contributed by atoms with E-state index in [2.05, 4.69) is 131 Å². The van der Waals surface area contributed by atoms with Crippen molar-refractivity contribution in [3.63, 3.8) is 0 Å². The Bertz CT molecular complexity index is 1620. The van der Waals surface area contributed by atoms with Crippen LogP contribution < -0.4 is 4.90 Å². The highest BCUT2D eigenvalue weighted by molar-refractivity contribution is 5.99. The van der Waals surface area contributed by atoms with E-state index in [1.54, 1.807) is 0 Å². The zero-order valence-electron chi connectivity index (χ0n) is 18.9. The fourth-order valence-electron chi connectivity index (χ4n) is 5.40. The Morgan fingerprint density at radius 1 is 0.618 bits per heavy atom. The highest BCUT2D eigenvalue weighted by atomic mass is 15.3. The lowest BCUT2D eigenvalue weighted by Gasteiger charge is -2.26. The van der Waals surface area contributed by atoms with Crippen LogP contribution >= 0.6 is 0 Å². The van der Waals surface area contributed by atoms with E-state index < -0.39 is 0 Å². The molecule has 2 heteroatoms.